The standard InChI is InChI=1S/C14H27N3O2/c1-10(2)14(11(3)18)16-13(19)9-17-7-5-4-6-12(17)8-15/h10,12,14H,4-9,15H2,1-3H3,(H,16,19). The number of nitrogens with two attached hydrogens (primary N) is 1. The smallest absolute Gasteiger partial charge is 0.234 e. The van der Waals surface area contributed by atoms with Crippen LogP contribution in [0.2, 0.25) is 0 Å². The van der Waals surface area contributed by atoms with E-state index >= 15 is 0 Å². The third-order valence-corrected chi connectivity index (χ3v) is 3.79. The molecule has 1 saturated heterocycles. The maximum Gasteiger partial charge on any atom is 0.234 e. The molecule has 5 nitrogen and oxygen atoms in total. The van der Waals surface area contributed by atoms with E-state index in [0.717, 1.165) is 19.4 Å². The van der Waals surface area contributed by atoms with Crippen molar-refractivity contribution >= 4 is 11.7 Å². The van der Waals surface area contributed by atoms with Gasteiger partial charge in [0.15, 0.2) is 5.78 Å². The van der Waals surface area contributed by atoms with Gasteiger partial charge in [-0.25, -0.2) is 0 Å². The fourth-order valence-electron chi connectivity index (χ4n) is 2.68. The number of piperidine rings is 1. The molecule has 0 aromatic carbocycles. The van der Waals surface area contributed by atoms with Crippen molar-refractivity contribution in [2.24, 2.45) is 11.7 Å². The van der Waals surface area contributed by atoms with Gasteiger partial charge in [-0.05, 0) is 32.2 Å². The van der Waals surface area contributed by atoms with Gasteiger partial charge in [0.1, 0.15) is 0 Å². The van der Waals surface area contributed by atoms with Crippen LogP contribution in [0.25, 0.3) is 0 Å². The Bertz CT molecular complexity index is 318. The first-order valence-electron chi connectivity index (χ1n) is 7.19. The third kappa shape index (κ3) is 4.91. The molecule has 0 saturated carbocycles. The fraction of sp³-hybridized carbons (Fsp3) is 0.857. The molecule has 0 aromatic rings. The van der Waals surface area contributed by atoms with E-state index in [0.29, 0.717) is 19.1 Å². The van der Waals surface area contributed by atoms with E-state index < -0.39 is 0 Å². The Morgan fingerprint density at radius 2 is 2.05 bits per heavy atom. The molecule has 19 heavy (non-hydrogen) atoms. The Kier molecular flexibility index (Phi) is 6.45. The first kappa shape index (κ1) is 16.1. The summed E-state index contributed by atoms with van der Waals surface area (Å²) in [6, 6.07) is -0.0806. The van der Waals surface area contributed by atoms with Crippen molar-refractivity contribution in [1.82, 2.24) is 10.2 Å². The molecule has 5 heteroatoms. The van der Waals surface area contributed by atoms with E-state index in [9.17, 15) is 9.59 Å². The lowest BCUT2D eigenvalue weighted by Gasteiger charge is -2.34. The maximum atomic E-state index is 12.0. The number of carbonyl (C=O) groups is 2. The number of rotatable bonds is 6. The summed E-state index contributed by atoms with van der Waals surface area (Å²) in [5, 5.41) is 2.84. The van der Waals surface area contributed by atoms with Gasteiger partial charge in [-0.3, -0.25) is 14.5 Å². The number of ketones is 1. The highest BCUT2D eigenvalue weighted by Gasteiger charge is 2.25. The van der Waals surface area contributed by atoms with Gasteiger partial charge in [-0.15, -0.1) is 0 Å². The number of amides is 1. The monoisotopic (exact) mass is 269 g/mol. The lowest BCUT2D eigenvalue weighted by Crippen LogP contribution is -2.51. The van der Waals surface area contributed by atoms with Crippen molar-refractivity contribution in [3.8, 4) is 0 Å². The molecule has 0 spiro atoms. The normalized spacial score (nSPS) is 22.3. The molecule has 1 aliphatic rings. The van der Waals surface area contributed by atoms with Crippen LogP contribution in [0.3, 0.4) is 0 Å². The second kappa shape index (κ2) is 7.60. The van der Waals surface area contributed by atoms with Gasteiger partial charge in [-0.1, -0.05) is 20.3 Å². The Labute approximate surface area is 115 Å². The third-order valence-electron chi connectivity index (χ3n) is 3.79. The molecule has 0 bridgehead atoms. The van der Waals surface area contributed by atoms with Crippen LogP contribution in [0.15, 0.2) is 0 Å². The van der Waals surface area contributed by atoms with Gasteiger partial charge >= 0.3 is 0 Å². The molecule has 0 radical (unpaired) electrons. The number of Topliss-reactive ketones (excluding diaryl/α,β-unsaturated/α-hetero) is 1. The summed E-state index contributed by atoms with van der Waals surface area (Å²) in [7, 11) is 0. The van der Waals surface area contributed by atoms with Gasteiger partial charge in [-0.2, -0.15) is 0 Å². The average Bonchev–Trinajstić information content (AvgIpc) is 2.36. The zero-order chi connectivity index (χ0) is 14.4. The molecule has 1 aliphatic heterocycles. The van der Waals surface area contributed by atoms with Crippen LogP contribution in [0, 0.1) is 5.92 Å². The van der Waals surface area contributed by atoms with Crippen molar-refractivity contribution in [3.63, 3.8) is 0 Å². The SMILES string of the molecule is CC(=O)C(NC(=O)CN1CCCCC1CN)C(C)C. The van der Waals surface area contributed by atoms with Crippen LogP contribution in [0.1, 0.15) is 40.0 Å². The summed E-state index contributed by atoms with van der Waals surface area (Å²) in [6.07, 6.45) is 3.36. The van der Waals surface area contributed by atoms with Crippen molar-refractivity contribution in [3.05, 3.63) is 0 Å². The first-order valence-corrected chi connectivity index (χ1v) is 7.19. The molecule has 2 atom stereocenters. The Hall–Kier alpha value is -0.940. The number of hydrogen-bond acceptors (Lipinski definition) is 4. The Morgan fingerprint density at radius 3 is 2.58 bits per heavy atom. The molecule has 110 valence electrons. The predicted molar refractivity (Wildman–Crippen MR) is 75.7 cm³/mol. The highest BCUT2D eigenvalue weighted by Crippen LogP contribution is 2.15. The molecule has 1 rings (SSSR count). The van der Waals surface area contributed by atoms with Crippen LogP contribution in [0.5, 0.6) is 0 Å². The topological polar surface area (TPSA) is 75.4 Å². The van der Waals surface area contributed by atoms with Crippen LogP contribution in [0.4, 0.5) is 0 Å². The second-order valence-corrected chi connectivity index (χ2v) is 5.76. The van der Waals surface area contributed by atoms with Crippen LogP contribution >= 0.6 is 0 Å². The Balaban J connectivity index is 2.51. The number of hydrogen-bond donors (Lipinski definition) is 2. The molecular weight excluding hydrogens is 242 g/mol. The lowest BCUT2D eigenvalue weighted by molar-refractivity contribution is -0.129. The molecule has 1 fully saturated rings. The predicted octanol–water partition coefficient (Wildman–Crippen LogP) is 0.529. The largest absolute Gasteiger partial charge is 0.345 e. The highest BCUT2D eigenvalue weighted by atomic mass is 16.2. The van der Waals surface area contributed by atoms with E-state index in [4.69, 9.17) is 5.73 Å². The molecule has 3 N–H and O–H groups in total. The summed E-state index contributed by atoms with van der Waals surface area (Å²) in [6.45, 7) is 7.26. The van der Waals surface area contributed by atoms with Crippen molar-refractivity contribution < 1.29 is 9.59 Å². The van der Waals surface area contributed by atoms with Gasteiger partial charge in [0.25, 0.3) is 0 Å². The summed E-state index contributed by atoms with van der Waals surface area (Å²) in [5.74, 6) is 0.0553. The Morgan fingerprint density at radius 1 is 1.37 bits per heavy atom. The van der Waals surface area contributed by atoms with Gasteiger partial charge in [0.05, 0.1) is 12.6 Å². The summed E-state index contributed by atoms with van der Waals surface area (Å²) in [5.41, 5.74) is 5.74. The van der Waals surface area contributed by atoms with Crippen LogP contribution in [-0.4, -0.2) is 48.3 Å². The minimum absolute atomic E-state index is 0.0115. The van der Waals surface area contributed by atoms with Crippen molar-refractivity contribution in [2.75, 3.05) is 19.6 Å². The van der Waals surface area contributed by atoms with Crippen LogP contribution < -0.4 is 11.1 Å². The zero-order valence-corrected chi connectivity index (χ0v) is 12.3. The molecule has 2 unspecified atom stereocenters. The van der Waals surface area contributed by atoms with E-state index in [1.165, 1.54) is 13.3 Å². The highest BCUT2D eigenvalue weighted by molar-refractivity contribution is 5.88. The zero-order valence-electron chi connectivity index (χ0n) is 12.3. The van der Waals surface area contributed by atoms with E-state index in [2.05, 4.69) is 10.2 Å². The van der Waals surface area contributed by atoms with E-state index in [-0.39, 0.29) is 23.7 Å². The van der Waals surface area contributed by atoms with Gasteiger partial charge < -0.3 is 11.1 Å². The quantitative estimate of drug-likeness (QED) is 0.737. The summed E-state index contributed by atoms with van der Waals surface area (Å²) >= 11 is 0. The van der Waals surface area contributed by atoms with Gasteiger partial charge in [0, 0.05) is 12.6 Å². The molecule has 1 heterocycles. The summed E-state index contributed by atoms with van der Waals surface area (Å²) in [4.78, 5) is 25.7. The van der Waals surface area contributed by atoms with Gasteiger partial charge in [0.2, 0.25) is 5.91 Å². The van der Waals surface area contributed by atoms with Crippen LogP contribution in [-0.2, 0) is 9.59 Å². The minimum atomic E-state index is -0.381. The maximum absolute atomic E-state index is 12.0. The van der Waals surface area contributed by atoms with Crippen molar-refractivity contribution in [2.45, 2.75) is 52.1 Å². The van der Waals surface area contributed by atoms with E-state index in [1.807, 2.05) is 13.8 Å². The lowest BCUT2D eigenvalue weighted by atomic mass is 10.00. The number of likely N-dealkylation sites (tertiary alicyclic amines) is 1. The van der Waals surface area contributed by atoms with Crippen molar-refractivity contribution in [1.29, 1.82) is 0 Å². The fourth-order valence-corrected chi connectivity index (χ4v) is 2.68. The molecule has 0 aliphatic carbocycles. The average molecular weight is 269 g/mol. The second-order valence-electron chi connectivity index (χ2n) is 5.76. The molecule has 0 aromatic heterocycles. The number of nitrogens with zero attached hydrogens (tertiary/aromatic N) is 1. The number of carbonyl (C=O) groups excluding carboxylic acids is 2. The minimum Gasteiger partial charge on any atom is -0.345 e. The van der Waals surface area contributed by atoms with E-state index in [1.54, 1.807) is 0 Å². The first-order chi connectivity index (χ1) is 8.95. The number of nitrogens with one attached hydrogen (secondary N) is 1. The summed E-state index contributed by atoms with van der Waals surface area (Å²) < 4.78 is 0. The molecular formula is C14H27N3O2. The molecule has 1 amide bonds.